The Bertz CT molecular complexity index is 997. The average Bonchev–Trinajstić information content (AvgIpc) is 2.89. The van der Waals surface area contributed by atoms with Crippen LogP contribution in [0.1, 0.15) is 17.5 Å². The first kappa shape index (κ1) is 17.8. The normalized spacial score (nSPS) is 16.8. The van der Waals surface area contributed by atoms with Gasteiger partial charge in [-0.1, -0.05) is 12.1 Å². The molecule has 1 saturated heterocycles. The largest absolute Gasteiger partial charge is 0.280 e. The molecule has 0 bridgehead atoms. The Labute approximate surface area is 148 Å². The molecule has 2 aromatic carbocycles. The molecule has 1 aliphatic heterocycles. The maximum Gasteiger partial charge on any atom is 0.262 e. The van der Waals surface area contributed by atoms with Crippen LogP contribution in [0, 0.1) is 13.8 Å². The lowest BCUT2D eigenvalue weighted by molar-refractivity contribution is 0.598. The van der Waals surface area contributed by atoms with E-state index in [9.17, 15) is 16.8 Å². The Morgan fingerprint density at radius 3 is 2.32 bits per heavy atom. The van der Waals surface area contributed by atoms with Crippen LogP contribution in [-0.2, 0) is 20.0 Å². The van der Waals surface area contributed by atoms with Gasteiger partial charge in [0.25, 0.3) is 10.0 Å². The summed E-state index contributed by atoms with van der Waals surface area (Å²) < 4.78 is 53.0. The zero-order chi connectivity index (χ0) is 18.2. The first-order valence-electron chi connectivity index (χ1n) is 7.90. The highest BCUT2D eigenvalue weighted by molar-refractivity contribution is 7.93. The fraction of sp³-hybridized carbons (Fsp3) is 0.294. The molecule has 0 spiro atoms. The van der Waals surface area contributed by atoms with Gasteiger partial charge in [0.05, 0.1) is 16.3 Å². The molecular formula is C17H20N2O4S2. The topological polar surface area (TPSA) is 83.6 Å². The number of anilines is 2. The average molecular weight is 380 g/mol. The van der Waals surface area contributed by atoms with E-state index in [1.807, 2.05) is 13.0 Å². The van der Waals surface area contributed by atoms with Gasteiger partial charge in [-0.05, 0) is 61.7 Å². The fourth-order valence-corrected chi connectivity index (χ4v) is 5.79. The second-order valence-electron chi connectivity index (χ2n) is 6.09. The van der Waals surface area contributed by atoms with Gasteiger partial charge < -0.3 is 0 Å². The molecule has 1 heterocycles. The van der Waals surface area contributed by atoms with E-state index < -0.39 is 20.0 Å². The molecule has 2 aromatic rings. The molecule has 25 heavy (non-hydrogen) atoms. The van der Waals surface area contributed by atoms with E-state index in [-0.39, 0.29) is 10.6 Å². The van der Waals surface area contributed by atoms with Gasteiger partial charge in [0.15, 0.2) is 0 Å². The van der Waals surface area contributed by atoms with Crippen molar-refractivity contribution >= 4 is 31.4 Å². The van der Waals surface area contributed by atoms with Crippen LogP contribution < -0.4 is 9.03 Å². The molecule has 0 atom stereocenters. The molecule has 0 radical (unpaired) electrons. The summed E-state index contributed by atoms with van der Waals surface area (Å²) in [6, 6.07) is 11.5. The van der Waals surface area contributed by atoms with Gasteiger partial charge in [-0.2, -0.15) is 0 Å². The molecule has 0 aliphatic carbocycles. The Morgan fingerprint density at radius 2 is 1.72 bits per heavy atom. The van der Waals surface area contributed by atoms with Gasteiger partial charge in [0.2, 0.25) is 10.0 Å². The predicted molar refractivity (Wildman–Crippen MR) is 98.9 cm³/mol. The van der Waals surface area contributed by atoms with E-state index in [2.05, 4.69) is 4.72 Å². The van der Waals surface area contributed by atoms with Crippen molar-refractivity contribution in [3.8, 4) is 0 Å². The molecule has 8 heteroatoms. The second kappa shape index (κ2) is 6.34. The molecule has 1 aliphatic rings. The number of aryl methyl sites for hydroxylation is 1. The third-order valence-corrected chi connectivity index (χ3v) is 7.75. The minimum absolute atomic E-state index is 0.147. The summed E-state index contributed by atoms with van der Waals surface area (Å²) in [6.07, 6.45) is 0.601. The van der Waals surface area contributed by atoms with Crippen molar-refractivity contribution in [2.75, 3.05) is 21.3 Å². The summed E-state index contributed by atoms with van der Waals surface area (Å²) in [5, 5.41) is 0. The standard InChI is InChI=1S/C17H20N2O4S2/c1-13-5-3-6-17(14(13)2)25(22,23)18-15-7-9-16(10-8-15)19-11-4-12-24(19,20)21/h3,5-10,18H,4,11-12H2,1-2H3. The molecule has 1 fully saturated rings. The lowest BCUT2D eigenvalue weighted by atomic mass is 10.1. The summed E-state index contributed by atoms with van der Waals surface area (Å²) in [4.78, 5) is 0.235. The smallest absolute Gasteiger partial charge is 0.262 e. The number of benzene rings is 2. The van der Waals surface area contributed by atoms with Crippen LogP contribution in [-0.4, -0.2) is 29.1 Å². The third-order valence-electron chi connectivity index (χ3n) is 4.35. The van der Waals surface area contributed by atoms with E-state index in [4.69, 9.17) is 0 Å². The van der Waals surface area contributed by atoms with Crippen LogP contribution in [0.3, 0.4) is 0 Å². The van der Waals surface area contributed by atoms with E-state index in [0.29, 0.717) is 29.9 Å². The second-order valence-corrected chi connectivity index (χ2v) is 9.76. The first-order chi connectivity index (χ1) is 11.7. The highest BCUT2D eigenvalue weighted by Crippen LogP contribution is 2.27. The number of hydrogen-bond donors (Lipinski definition) is 1. The van der Waals surface area contributed by atoms with Crippen molar-refractivity contribution in [3.05, 3.63) is 53.6 Å². The van der Waals surface area contributed by atoms with Gasteiger partial charge in [-0.15, -0.1) is 0 Å². The number of hydrogen-bond acceptors (Lipinski definition) is 4. The van der Waals surface area contributed by atoms with E-state index in [1.54, 1.807) is 43.3 Å². The van der Waals surface area contributed by atoms with Crippen molar-refractivity contribution in [1.29, 1.82) is 0 Å². The van der Waals surface area contributed by atoms with Crippen molar-refractivity contribution in [2.45, 2.75) is 25.2 Å². The Balaban J connectivity index is 1.85. The van der Waals surface area contributed by atoms with Gasteiger partial charge >= 0.3 is 0 Å². The molecule has 0 aromatic heterocycles. The van der Waals surface area contributed by atoms with Crippen molar-refractivity contribution in [2.24, 2.45) is 0 Å². The van der Waals surface area contributed by atoms with Crippen LogP contribution in [0.25, 0.3) is 0 Å². The van der Waals surface area contributed by atoms with Crippen LogP contribution in [0.15, 0.2) is 47.4 Å². The summed E-state index contributed by atoms with van der Waals surface area (Å²) >= 11 is 0. The van der Waals surface area contributed by atoms with Crippen LogP contribution in [0.4, 0.5) is 11.4 Å². The minimum atomic E-state index is -3.70. The monoisotopic (exact) mass is 380 g/mol. The molecule has 0 unspecified atom stereocenters. The number of sulfonamides is 2. The zero-order valence-corrected chi connectivity index (χ0v) is 15.7. The van der Waals surface area contributed by atoms with Gasteiger partial charge in [-0.25, -0.2) is 16.8 Å². The zero-order valence-electron chi connectivity index (χ0n) is 14.1. The fourth-order valence-electron chi connectivity index (χ4n) is 2.85. The van der Waals surface area contributed by atoms with Crippen molar-refractivity contribution in [3.63, 3.8) is 0 Å². The van der Waals surface area contributed by atoms with Gasteiger partial charge in [-0.3, -0.25) is 9.03 Å². The number of rotatable bonds is 4. The van der Waals surface area contributed by atoms with Crippen LogP contribution in [0.5, 0.6) is 0 Å². The number of nitrogens with zero attached hydrogens (tertiary/aromatic N) is 1. The molecule has 134 valence electrons. The Morgan fingerprint density at radius 1 is 1.04 bits per heavy atom. The molecule has 0 saturated carbocycles. The van der Waals surface area contributed by atoms with E-state index in [1.165, 1.54) is 4.31 Å². The van der Waals surface area contributed by atoms with Crippen molar-refractivity contribution in [1.82, 2.24) is 0 Å². The Hall–Kier alpha value is -2.06. The quantitative estimate of drug-likeness (QED) is 0.884. The van der Waals surface area contributed by atoms with Gasteiger partial charge in [0, 0.05) is 12.2 Å². The Kier molecular flexibility index (Phi) is 4.51. The highest BCUT2D eigenvalue weighted by atomic mass is 32.2. The van der Waals surface area contributed by atoms with Crippen LogP contribution in [0.2, 0.25) is 0 Å². The molecule has 6 nitrogen and oxygen atoms in total. The summed E-state index contributed by atoms with van der Waals surface area (Å²) in [5.74, 6) is 0.147. The van der Waals surface area contributed by atoms with Gasteiger partial charge in [0.1, 0.15) is 0 Å². The third kappa shape index (κ3) is 3.50. The first-order valence-corrected chi connectivity index (χ1v) is 11.0. The minimum Gasteiger partial charge on any atom is -0.280 e. The molecular weight excluding hydrogens is 360 g/mol. The molecule has 1 N–H and O–H groups in total. The summed E-state index contributed by atoms with van der Waals surface area (Å²) in [5.41, 5.74) is 2.54. The SMILES string of the molecule is Cc1cccc(S(=O)(=O)Nc2ccc(N3CCCS3(=O)=O)cc2)c1C. The number of nitrogens with one attached hydrogen (secondary N) is 1. The predicted octanol–water partition coefficient (Wildman–Crippen LogP) is 2.64. The lowest BCUT2D eigenvalue weighted by Gasteiger charge is -2.17. The molecule has 0 amide bonds. The lowest BCUT2D eigenvalue weighted by Crippen LogP contribution is -2.25. The molecule has 3 rings (SSSR count). The maximum absolute atomic E-state index is 12.6. The van der Waals surface area contributed by atoms with E-state index >= 15 is 0 Å². The van der Waals surface area contributed by atoms with Crippen LogP contribution >= 0.6 is 0 Å². The summed E-state index contributed by atoms with van der Waals surface area (Å²) in [6.45, 7) is 4.08. The van der Waals surface area contributed by atoms with Crippen molar-refractivity contribution < 1.29 is 16.8 Å². The highest BCUT2D eigenvalue weighted by Gasteiger charge is 2.28. The maximum atomic E-state index is 12.6. The summed E-state index contributed by atoms with van der Waals surface area (Å²) in [7, 11) is -6.95. The van der Waals surface area contributed by atoms with E-state index in [0.717, 1.165) is 5.56 Å².